The molecule has 0 aromatic heterocycles. The van der Waals surface area contributed by atoms with Gasteiger partial charge in [-0.1, -0.05) is 24.3 Å². The van der Waals surface area contributed by atoms with Gasteiger partial charge in [0.25, 0.3) is 0 Å². The van der Waals surface area contributed by atoms with Gasteiger partial charge in [0.05, 0.1) is 25.3 Å². The summed E-state index contributed by atoms with van der Waals surface area (Å²) >= 11 is 0. The van der Waals surface area contributed by atoms with Gasteiger partial charge in [0.15, 0.2) is 0 Å². The molecule has 2 aromatic rings. The molecule has 2 aromatic carbocycles. The Labute approximate surface area is 138 Å². The summed E-state index contributed by atoms with van der Waals surface area (Å²) in [6, 6.07) is 13.8. The van der Waals surface area contributed by atoms with Crippen LogP contribution in [0.5, 0.6) is 11.5 Å². The molecule has 1 aliphatic heterocycles. The van der Waals surface area contributed by atoms with Crippen LogP contribution in [0.2, 0.25) is 0 Å². The minimum Gasteiger partial charge on any atom is -0.496 e. The maximum absolute atomic E-state index is 12.0. The zero-order valence-electron chi connectivity index (χ0n) is 13.3. The zero-order chi connectivity index (χ0) is 17.2. The van der Waals surface area contributed by atoms with E-state index in [1.54, 1.807) is 48.5 Å². The maximum Gasteiger partial charge on any atom is 0.320 e. The fraction of sp³-hybridized carbons (Fsp3) is 0.222. The van der Waals surface area contributed by atoms with Crippen molar-refractivity contribution in [1.29, 1.82) is 0 Å². The van der Waals surface area contributed by atoms with Gasteiger partial charge in [0, 0.05) is 0 Å². The number of ether oxygens (including phenoxy) is 4. The predicted molar refractivity (Wildman–Crippen MR) is 83.6 cm³/mol. The number of cyclic esters (lactones) is 2. The molecule has 0 unspecified atom stereocenters. The Morgan fingerprint density at radius 2 is 1.21 bits per heavy atom. The highest BCUT2D eigenvalue weighted by molar-refractivity contribution is 5.93. The molecule has 0 amide bonds. The van der Waals surface area contributed by atoms with E-state index in [4.69, 9.17) is 18.9 Å². The Balaban J connectivity index is 2.29. The van der Waals surface area contributed by atoms with Crippen molar-refractivity contribution in [2.24, 2.45) is 0 Å². The number of methoxy groups -OCH3 is 2. The van der Waals surface area contributed by atoms with E-state index < -0.39 is 24.1 Å². The monoisotopic (exact) mass is 328 g/mol. The van der Waals surface area contributed by atoms with Crippen LogP contribution in [0.25, 0.3) is 0 Å². The molecule has 124 valence electrons. The second-order valence-corrected chi connectivity index (χ2v) is 5.14. The number of para-hydroxylation sites is 2. The van der Waals surface area contributed by atoms with Crippen molar-refractivity contribution in [2.45, 2.75) is 12.2 Å². The number of rotatable bonds is 4. The van der Waals surface area contributed by atoms with Crippen LogP contribution >= 0.6 is 0 Å². The minimum absolute atomic E-state index is 0.401. The number of carbonyl (C=O) groups excluding carboxylic acids is 2. The third-order valence-corrected chi connectivity index (χ3v) is 3.73. The fourth-order valence-electron chi connectivity index (χ4n) is 2.73. The molecule has 1 heterocycles. The van der Waals surface area contributed by atoms with Crippen molar-refractivity contribution in [3.05, 3.63) is 59.7 Å². The van der Waals surface area contributed by atoms with E-state index in [1.165, 1.54) is 14.2 Å². The van der Waals surface area contributed by atoms with Crippen LogP contribution in [0.4, 0.5) is 0 Å². The van der Waals surface area contributed by atoms with E-state index in [0.717, 1.165) is 0 Å². The van der Waals surface area contributed by atoms with Crippen LogP contribution in [0, 0.1) is 0 Å². The summed E-state index contributed by atoms with van der Waals surface area (Å²) in [6.45, 7) is 0. The first-order valence-corrected chi connectivity index (χ1v) is 7.31. The second kappa shape index (κ2) is 6.23. The molecule has 0 spiro atoms. The highest BCUT2D eigenvalue weighted by Gasteiger charge is 2.50. The molecular formula is C18H16O6. The van der Waals surface area contributed by atoms with Gasteiger partial charge in [0.2, 0.25) is 0 Å². The van der Waals surface area contributed by atoms with Gasteiger partial charge < -0.3 is 18.9 Å². The summed E-state index contributed by atoms with van der Waals surface area (Å²) < 4.78 is 21.9. The van der Waals surface area contributed by atoms with Crippen LogP contribution in [-0.4, -0.2) is 26.2 Å². The molecule has 0 saturated carbocycles. The third-order valence-electron chi connectivity index (χ3n) is 3.73. The van der Waals surface area contributed by atoms with E-state index in [1.807, 2.05) is 0 Å². The third kappa shape index (κ3) is 2.56. The van der Waals surface area contributed by atoms with Gasteiger partial charge in [-0.2, -0.15) is 0 Å². The van der Waals surface area contributed by atoms with E-state index in [2.05, 4.69) is 0 Å². The van der Waals surface area contributed by atoms with Crippen LogP contribution in [-0.2, 0) is 24.8 Å². The predicted octanol–water partition coefficient (Wildman–Crippen LogP) is 2.40. The van der Waals surface area contributed by atoms with Crippen molar-refractivity contribution < 1.29 is 28.5 Å². The smallest absolute Gasteiger partial charge is 0.320 e. The van der Waals surface area contributed by atoms with Gasteiger partial charge in [-0.15, -0.1) is 0 Å². The van der Waals surface area contributed by atoms with Crippen molar-refractivity contribution in [3.8, 4) is 11.5 Å². The van der Waals surface area contributed by atoms with Gasteiger partial charge in [-0.05, 0) is 24.3 Å². The lowest BCUT2D eigenvalue weighted by Crippen LogP contribution is -2.44. The molecule has 0 aliphatic carbocycles. The Morgan fingerprint density at radius 1 is 0.792 bits per heavy atom. The zero-order valence-corrected chi connectivity index (χ0v) is 13.3. The maximum atomic E-state index is 12.0. The first kappa shape index (κ1) is 15.9. The fourth-order valence-corrected chi connectivity index (χ4v) is 2.73. The first-order valence-electron chi connectivity index (χ1n) is 7.31. The normalized spacial score (nSPS) is 16.1. The first-order chi connectivity index (χ1) is 11.6. The molecule has 0 N–H and O–H groups in total. The summed E-state index contributed by atoms with van der Waals surface area (Å²) in [5.41, 5.74) is 0.803. The highest BCUT2D eigenvalue weighted by atomic mass is 16.7. The average Bonchev–Trinajstić information content (AvgIpc) is 2.60. The van der Waals surface area contributed by atoms with Crippen molar-refractivity contribution in [1.82, 2.24) is 0 Å². The van der Waals surface area contributed by atoms with Gasteiger partial charge in [0.1, 0.15) is 17.9 Å². The molecule has 6 nitrogen and oxygen atoms in total. The number of esters is 2. The van der Waals surface area contributed by atoms with Crippen molar-refractivity contribution >= 4 is 11.9 Å². The summed E-state index contributed by atoms with van der Waals surface area (Å²) in [4.78, 5) is 24.1. The van der Waals surface area contributed by atoms with Crippen LogP contribution < -0.4 is 9.47 Å². The molecule has 6 heteroatoms. The molecule has 3 rings (SSSR count). The standard InChI is InChI=1S/C18H16O6/c1-21-14-9-5-3-7-12(14)18(23-16(19)11-17(20)24-18)13-8-4-6-10-15(13)22-2/h3-10H,11H2,1-2H3. The SMILES string of the molecule is COc1ccccc1C1(c2ccccc2OC)OC(=O)CC(=O)O1. The lowest BCUT2D eigenvalue weighted by molar-refractivity contribution is -0.234. The summed E-state index contributed by atoms with van der Waals surface area (Å²) in [5.74, 6) is -2.27. The minimum atomic E-state index is -1.76. The van der Waals surface area contributed by atoms with Gasteiger partial charge in [-0.3, -0.25) is 9.59 Å². The summed E-state index contributed by atoms with van der Waals surface area (Å²) in [5, 5.41) is 0. The molecule has 1 aliphatic rings. The lowest BCUT2D eigenvalue weighted by atomic mass is 9.94. The second-order valence-electron chi connectivity index (χ2n) is 5.14. The Morgan fingerprint density at radius 3 is 1.62 bits per heavy atom. The molecule has 24 heavy (non-hydrogen) atoms. The Hall–Kier alpha value is -3.02. The van der Waals surface area contributed by atoms with Crippen LogP contribution in [0.3, 0.4) is 0 Å². The topological polar surface area (TPSA) is 71.1 Å². The Bertz CT molecular complexity index is 717. The average molecular weight is 328 g/mol. The summed E-state index contributed by atoms with van der Waals surface area (Å²) in [6.07, 6.45) is -0.438. The number of benzene rings is 2. The summed E-state index contributed by atoms with van der Waals surface area (Å²) in [7, 11) is 2.97. The molecular weight excluding hydrogens is 312 g/mol. The molecule has 0 bridgehead atoms. The van der Waals surface area contributed by atoms with E-state index in [-0.39, 0.29) is 0 Å². The van der Waals surface area contributed by atoms with Crippen molar-refractivity contribution in [2.75, 3.05) is 14.2 Å². The molecule has 1 fully saturated rings. The van der Waals surface area contributed by atoms with E-state index in [0.29, 0.717) is 22.6 Å². The Kier molecular flexibility index (Phi) is 4.12. The molecule has 0 radical (unpaired) electrons. The quantitative estimate of drug-likeness (QED) is 0.634. The van der Waals surface area contributed by atoms with E-state index in [9.17, 15) is 9.59 Å². The van der Waals surface area contributed by atoms with E-state index >= 15 is 0 Å². The van der Waals surface area contributed by atoms with Gasteiger partial charge in [-0.25, -0.2) is 0 Å². The number of hydrogen-bond donors (Lipinski definition) is 0. The van der Waals surface area contributed by atoms with Crippen molar-refractivity contribution in [3.63, 3.8) is 0 Å². The largest absolute Gasteiger partial charge is 0.496 e. The van der Waals surface area contributed by atoms with Gasteiger partial charge >= 0.3 is 17.7 Å². The van der Waals surface area contributed by atoms with Crippen LogP contribution in [0.1, 0.15) is 17.5 Å². The lowest BCUT2D eigenvalue weighted by Gasteiger charge is -2.37. The molecule has 0 atom stereocenters. The van der Waals surface area contributed by atoms with Crippen LogP contribution in [0.15, 0.2) is 48.5 Å². The molecule has 1 saturated heterocycles. The number of carbonyl (C=O) groups is 2. The highest BCUT2D eigenvalue weighted by Crippen LogP contribution is 2.45. The number of hydrogen-bond acceptors (Lipinski definition) is 6.